The third-order valence-corrected chi connectivity index (χ3v) is 5.17. The summed E-state index contributed by atoms with van der Waals surface area (Å²) in [5.74, 6) is 0.450. The highest BCUT2D eigenvalue weighted by atomic mass is 16.5. The Labute approximate surface area is 168 Å². The molecule has 1 fully saturated rings. The monoisotopic (exact) mass is 387 g/mol. The SMILES string of the molecule is O=C1Cc2cnc(Nc3ccc(N4CCOCC4)cc3)nc2-c2ccccc2N1. The third kappa shape index (κ3) is 3.64. The van der Waals surface area contributed by atoms with Crippen LogP contribution >= 0.6 is 0 Å². The minimum Gasteiger partial charge on any atom is -0.378 e. The van der Waals surface area contributed by atoms with E-state index in [1.165, 1.54) is 5.69 Å². The molecule has 0 saturated carbocycles. The quantitative estimate of drug-likeness (QED) is 0.718. The largest absolute Gasteiger partial charge is 0.378 e. The van der Waals surface area contributed by atoms with Crippen LogP contribution in [-0.2, 0) is 16.0 Å². The fourth-order valence-electron chi connectivity index (χ4n) is 3.70. The van der Waals surface area contributed by atoms with Crippen molar-refractivity contribution in [3.05, 3.63) is 60.3 Å². The number of para-hydroxylation sites is 1. The van der Waals surface area contributed by atoms with E-state index in [1.807, 2.05) is 36.4 Å². The Balaban J connectivity index is 1.41. The predicted octanol–water partition coefficient (Wildman–Crippen LogP) is 3.22. The molecule has 0 unspecified atom stereocenters. The molecule has 7 nitrogen and oxygen atoms in total. The van der Waals surface area contributed by atoms with Gasteiger partial charge in [0, 0.05) is 41.8 Å². The molecule has 0 atom stereocenters. The summed E-state index contributed by atoms with van der Waals surface area (Å²) in [7, 11) is 0. The molecule has 146 valence electrons. The first-order valence-electron chi connectivity index (χ1n) is 9.71. The van der Waals surface area contributed by atoms with Crippen molar-refractivity contribution in [1.82, 2.24) is 9.97 Å². The predicted molar refractivity (Wildman–Crippen MR) is 113 cm³/mol. The van der Waals surface area contributed by atoms with Crippen LogP contribution in [0.3, 0.4) is 0 Å². The molecule has 0 aliphatic carbocycles. The van der Waals surface area contributed by atoms with Crippen LogP contribution in [-0.4, -0.2) is 42.2 Å². The topological polar surface area (TPSA) is 79.4 Å². The number of ether oxygens (including phenoxy) is 1. The van der Waals surface area contributed by atoms with Gasteiger partial charge in [-0.2, -0.15) is 0 Å². The minimum atomic E-state index is -0.0563. The fraction of sp³-hybridized carbons (Fsp3) is 0.227. The van der Waals surface area contributed by atoms with Crippen molar-refractivity contribution in [2.45, 2.75) is 6.42 Å². The molecule has 29 heavy (non-hydrogen) atoms. The molecule has 1 amide bonds. The molecule has 1 aromatic heterocycles. The Bertz CT molecular complexity index is 1050. The lowest BCUT2D eigenvalue weighted by Gasteiger charge is -2.28. The van der Waals surface area contributed by atoms with Crippen molar-refractivity contribution in [3.8, 4) is 11.3 Å². The van der Waals surface area contributed by atoms with Gasteiger partial charge in [0.25, 0.3) is 0 Å². The zero-order valence-electron chi connectivity index (χ0n) is 15.9. The van der Waals surface area contributed by atoms with E-state index >= 15 is 0 Å². The number of fused-ring (bicyclic) bond motifs is 3. The van der Waals surface area contributed by atoms with E-state index in [1.54, 1.807) is 6.20 Å². The van der Waals surface area contributed by atoms with Gasteiger partial charge in [-0.15, -0.1) is 0 Å². The Morgan fingerprint density at radius 2 is 1.83 bits per heavy atom. The highest BCUT2D eigenvalue weighted by molar-refractivity contribution is 5.99. The highest BCUT2D eigenvalue weighted by Crippen LogP contribution is 2.33. The number of carbonyl (C=O) groups excluding carboxylic acids is 1. The number of aromatic nitrogens is 2. The summed E-state index contributed by atoms with van der Waals surface area (Å²) in [4.78, 5) is 23.6. The zero-order chi connectivity index (χ0) is 19.6. The summed E-state index contributed by atoms with van der Waals surface area (Å²) in [5, 5.41) is 6.21. The number of nitrogens with one attached hydrogen (secondary N) is 2. The number of amides is 1. The summed E-state index contributed by atoms with van der Waals surface area (Å²) < 4.78 is 5.41. The molecule has 0 bridgehead atoms. The summed E-state index contributed by atoms with van der Waals surface area (Å²) in [6.07, 6.45) is 1.99. The van der Waals surface area contributed by atoms with Crippen LogP contribution in [0.1, 0.15) is 5.56 Å². The molecule has 2 N–H and O–H groups in total. The van der Waals surface area contributed by atoms with Gasteiger partial charge < -0.3 is 20.3 Å². The van der Waals surface area contributed by atoms with Gasteiger partial charge in [-0.25, -0.2) is 9.97 Å². The lowest BCUT2D eigenvalue weighted by molar-refractivity contribution is -0.115. The van der Waals surface area contributed by atoms with E-state index in [4.69, 9.17) is 9.72 Å². The van der Waals surface area contributed by atoms with Gasteiger partial charge in [-0.3, -0.25) is 4.79 Å². The number of carbonyl (C=O) groups is 1. The van der Waals surface area contributed by atoms with Crippen LogP contribution in [0, 0.1) is 0 Å². The van der Waals surface area contributed by atoms with E-state index in [9.17, 15) is 4.79 Å². The van der Waals surface area contributed by atoms with Gasteiger partial charge in [-0.05, 0) is 30.3 Å². The average molecular weight is 387 g/mol. The zero-order valence-corrected chi connectivity index (χ0v) is 15.9. The maximum atomic E-state index is 12.2. The molecule has 1 saturated heterocycles. The van der Waals surface area contributed by atoms with Crippen LogP contribution < -0.4 is 15.5 Å². The third-order valence-electron chi connectivity index (χ3n) is 5.17. The summed E-state index contributed by atoms with van der Waals surface area (Å²) in [6, 6.07) is 15.9. The number of nitrogens with zero attached hydrogens (tertiary/aromatic N) is 3. The lowest BCUT2D eigenvalue weighted by Crippen LogP contribution is -2.36. The first kappa shape index (κ1) is 17.6. The molecular weight excluding hydrogens is 366 g/mol. The molecular formula is C22H21N5O2. The van der Waals surface area contributed by atoms with Crippen molar-refractivity contribution in [3.63, 3.8) is 0 Å². The molecule has 0 spiro atoms. The van der Waals surface area contributed by atoms with Gasteiger partial charge >= 0.3 is 0 Å². The maximum absolute atomic E-state index is 12.2. The van der Waals surface area contributed by atoms with Crippen molar-refractivity contribution < 1.29 is 9.53 Å². The van der Waals surface area contributed by atoms with Crippen molar-refractivity contribution >= 4 is 28.9 Å². The molecule has 0 radical (unpaired) electrons. The normalized spacial score (nSPS) is 15.7. The average Bonchev–Trinajstić information content (AvgIpc) is 2.90. The second kappa shape index (κ2) is 7.52. The molecule has 3 aromatic rings. The molecule has 7 heteroatoms. The standard InChI is InChI=1S/C22H21N5O2/c28-20-13-15-14-23-22(26-21(15)18-3-1-2-4-19(18)25-20)24-16-5-7-17(8-6-16)27-9-11-29-12-10-27/h1-8,14H,9-13H2,(H,25,28)(H,23,24,26). The maximum Gasteiger partial charge on any atom is 0.228 e. The van der Waals surface area contributed by atoms with Crippen molar-refractivity contribution in [1.29, 1.82) is 0 Å². The number of hydrogen-bond donors (Lipinski definition) is 2. The number of benzene rings is 2. The van der Waals surface area contributed by atoms with Gasteiger partial charge in [0.1, 0.15) is 0 Å². The van der Waals surface area contributed by atoms with Gasteiger partial charge in [0.05, 0.1) is 31.0 Å². The number of morpholine rings is 1. The Morgan fingerprint density at radius 1 is 1.03 bits per heavy atom. The lowest BCUT2D eigenvalue weighted by atomic mass is 10.1. The summed E-state index contributed by atoms with van der Waals surface area (Å²) in [6.45, 7) is 3.35. The van der Waals surface area contributed by atoms with Gasteiger partial charge in [0.15, 0.2) is 0 Å². The fourth-order valence-corrected chi connectivity index (χ4v) is 3.70. The second-order valence-electron chi connectivity index (χ2n) is 7.11. The van der Waals surface area contributed by atoms with Crippen molar-refractivity contribution in [2.75, 3.05) is 41.8 Å². The number of hydrogen-bond acceptors (Lipinski definition) is 6. The van der Waals surface area contributed by atoms with Crippen LogP contribution in [0.15, 0.2) is 54.7 Å². The first-order valence-corrected chi connectivity index (χ1v) is 9.71. The first-order chi connectivity index (χ1) is 14.3. The van der Waals surface area contributed by atoms with E-state index in [0.717, 1.165) is 54.5 Å². The second-order valence-corrected chi connectivity index (χ2v) is 7.11. The molecule has 2 aromatic carbocycles. The molecule has 2 aliphatic rings. The Kier molecular flexibility index (Phi) is 4.57. The number of anilines is 4. The molecule has 2 aliphatic heterocycles. The Hall–Kier alpha value is -3.45. The van der Waals surface area contributed by atoms with E-state index in [0.29, 0.717) is 5.95 Å². The number of rotatable bonds is 3. The van der Waals surface area contributed by atoms with E-state index in [2.05, 4.69) is 32.7 Å². The molecule has 3 heterocycles. The summed E-state index contributed by atoms with van der Waals surface area (Å²) in [5.41, 5.74) is 5.37. The highest BCUT2D eigenvalue weighted by Gasteiger charge is 2.20. The van der Waals surface area contributed by atoms with E-state index in [-0.39, 0.29) is 12.3 Å². The van der Waals surface area contributed by atoms with Gasteiger partial charge in [0.2, 0.25) is 11.9 Å². The Morgan fingerprint density at radius 3 is 2.66 bits per heavy atom. The van der Waals surface area contributed by atoms with Crippen LogP contribution in [0.4, 0.5) is 23.0 Å². The van der Waals surface area contributed by atoms with Crippen LogP contribution in [0.2, 0.25) is 0 Å². The van der Waals surface area contributed by atoms with Crippen LogP contribution in [0.25, 0.3) is 11.3 Å². The van der Waals surface area contributed by atoms with E-state index < -0.39 is 0 Å². The minimum absolute atomic E-state index is 0.0563. The molecule has 5 rings (SSSR count). The van der Waals surface area contributed by atoms with Crippen molar-refractivity contribution in [2.24, 2.45) is 0 Å². The summed E-state index contributed by atoms with van der Waals surface area (Å²) >= 11 is 0. The van der Waals surface area contributed by atoms with Crippen LogP contribution in [0.5, 0.6) is 0 Å². The van der Waals surface area contributed by atoms with Gasteiger partial charge in [-0.1, -0.05) is 18.2 Å². The smallest absolute Gasteiger partial charge is 0.228 e.